The SMILES string of the molecule is CCN1C(=O)[C@]2(CCCN(C(=O)[C@H](CCC(=O)O)NC(C)=O)C2)C[C@@H](O)[C@@H]1c1ccccc1. The summed E-state index contributed by atoms with van der Waals surface area (Å²) in [4.78, 5) is 52.8. The first-order valence-electron chi connectivity index (χ1n) is 11.5. The van der Waals surface area contributed by atoms with Crippen LogP contribution in [0.5, 0.6) is 0 Å². The second-order valence-corrected chi connectivity index (χ2v) is 9.05. The van der Waals surface area contributed by atoms with Crippen LogP contribution >= 0.6 is 0 Å². The minimum Gasteiger partial charge on any atom is -0.481 e. The molecular formula is C24H33N3O6. The van der Waals surface area contributed by atoms with E-state index in [2.05, 4.69) is 5.32 Å². The monoisotopic (exact) mass is 459 g/mol. The first-order chi connectivity index (χ1) is 15.7. The summed E-state index contributed by atoms with van der Waals surface area (Å²) in [5.74, 6) is -1.94. The van der Waals surface area contributed by atoms with Gasteiger partial charge in [-0.1, -0.05) is 30.3 Å². The van der Waals surface area contributed by atoms with E-state index in [-0.39, 0.29) is 37.6 Å². The molecule has 1 aromatic carbocycles. The van der Waals surface area contributed by atoms with E-state index in [1.165, 1.54) is 6.92 Å². The van der Waals surface area contributed by atoms with E-state index >= 15 is 0 Å². The van der Waals surface area contributed by atoms with E-state index in [4.69, 9.17) is 5.11 Å². The van der Waals surface area contributed by atoms with E-state index in [0.717, 1.165) is 5.56 Å². The lowest BCUT2D eigenvalue weighted by molar-refractivity contribution is -0.167. The van der Waals surface area contributed by atoms with Crippen molar-refractivity contribution >= 4 is 23.7 Å². The van der Waals surface area contributed by atoms with Crippen molar-refractivity contribution in [2.75, 3.05) is 19.6 Å². The number of carbonyl (C=O) groups is 4. The summed E-state index contributed by atoms with van der Waals surface area (Å²) in [5, 5.41) is 22.7. The third-order valence-electron chi connectivity index (χ3n) is 6.71. The Kier molecular flexibility index (Phi) is 7.73. The van der Waals surface area contributed by atoms with Gasteiger partial charge in [-0.25, -0.2) is 0 Å². The summed E-state index contributed by atoms with van der Waals surface area (Å²) < 4.78 is 0. The molecule has 0 unspecified atom stereocenters. The highest BCUT2D eigenvalue weighted by Gasteiger charge is 2.53. The van der Waals surface area contributed by atoms with Gasteiger partial charge in [-0.3, -0.25) is 19.2 Å². The lowest BCUT2D eigenvalue weighted by Crippen LogP contribution is -2.62. The van der Waals surface area contributed by atoms with Gasteiger partial charge in [-0.2, -0.15) is 0 Å². The molecule has 1 aromatic rings. The molecule has 2 heterocycles. The summed E-state index contributed by atoms with van der Waals surface area (Å²) in [5.41, 5.74) is -0.0273. The fourth-order valence-electron chi connectivity index (χ4n) is 5.28. The molecule has 0 saturated carbocycles. The molecule has 0 aliphatic carbocycles. The Balaban J connectivity index is 1.82. The van der Waals surface area contributed by atoms with E-state index in [9.17, 15) is 24.3 Å². The predicted molar refractivity (Wildman–Crippen MR) is 120 cm³/mol. The number of likely N-dealkylation sites (tertiary alicyclic amines) is 2. The minimum absolute atomic E-state index is 0.0228. The van der Waals surface area contributed by atoms with Crippen molar-refractivity contribution in [1.82, 2.24) is 15.1 Å². The van der Waals surface area contributed by atoms with Crippen LogP contribution in [0.3, 0.4) is 0 Å². The zero-order valence-corrected chi connectivity index (χ0v) is 19.2. The maximum Gasteiger partial charge on any atom is 0.303 e. The van der Waals surface area contributed by atoms with Gasteiger partial charge in [0.25, 0.3) is 0 Å². The molecule has 4 atom stereocenters. The Bertz CT molecular complexity index is 891. The molecule has 2 saturated heterocycles. The standard InChI is InChI=1S/C24H33N3O6/c1-3-27-21(17-8-5-4-6-9-17)19(29)14-24(23(27)33)12-7-13-26(15-24)22(32)18(25-16(2)28)10-11-20(30)31/h4-6,8-9,18-19,21,29H,3,7,10-15H2,1-2H3,(H,25,28)(H,30,31)/t18-,19+,21-,24+/m0/s1. The molecule has 2 aliphatic heterocycles. The number of hydrogen-bond donors (Lipinski definition) is 3. The smallest absolute Gasteiger partial charge is 0.303 e. The number of aliphatic hydroxyl groups is 1. The van der Waals surface area contributed by atoms with Gasteiger partial charge in [0.2, 0.25) is 17.7 Å². The van der Waals surface area contributed by atoms with Crippen LogP contribution < -0.4 is 5.32 Å². The average molecular weight is 460 g/mol. The third kappa shape index (κ3) is 5.35. The summed E-state index contributed by atoms with van der Waals surface area (Å²) in [6, 6.07) is 8.05. The van der Waals surface area contributed by atoms with Crippen LogP contribution in [0.15, 0.2) is 30.3 Å². The highest BCUT2D eigenvalue weighted by atomic mass is 16.4. The van der Waals surface area contributed by atoms with Crippen LogP contribution in [-0.4, -0.2) is 75.5 Å². The van der Waals surface area contributed by atoms with Crippen LogP contribution in [-0.2, 0) is 19.2 Å². The molecule has 0 aromatic heterocycles. The quantitative estimate of drug-likeness (QED) is 0.564. The number of hydrogen-bond acceptors (Lipinski definition) is 5. The summed E-state index contributed by atoms with van der Waals surface area (Å²) >= 11 is 0. The van der Waals surface area contributed by atoms with Gasteiger partial charge in [0.05, 0.1) is 17.6 Å². The predicted octanol–water partition coefficient (Wildman–Crippen LogP) is 1.32. The van der Waals surface area contributed by atoms with Crippen molar-refractivity contribution in [3.63, 3.8) is 0 Å². The third-order valence-corrected chi connectivity index (χ3v) is 6.71. The molecule has 2 aliphatic rings. The van der Waals surface area contributed by atoms with Crippen LogP contribution in [0.2, 0.25) is 0 Å². The maximum absolute atomic E-state index is 13.7. The molecule has 3 rings (SSSR count). The zero-order chi connectivity index (χ0) is 24.2. The lowest BCUT2D eigenvalue weighted by atomic mass is 9.69. The number of carbonyl (C=O) groups excluding carboxylic acids is 3. The van der Waals surface area contributed by atoms with Gasteiger partial charge >= 0.3 is 5.97 Å². The molecule has 9 heteroatoms. The topological polar surface area (TPSA) is 127 Å². The Morgan fingerprint density at radius 2 is 1.94 bits per heavy atom. The Hall–Kier alpha value is -2.94. The van der Waals surface area contributed by atoms with Crippen LogP contribution in [0.4, 0.5) is 0 Å². The highest BCUT2D eigenvalue weighted by molar-refractivity contribution is 5.89. The summed E-state index contributed by atoms with van der Waals surface area (Å²) in [6.45, 7) is 4.15. The van der Waals surface area contributed by atoms with Crippen molar-refractivity contribution < 1.29 is 29.4 Å². The van der Waals surface area contributed by atoms with E-state index in [1.807, 2.05) is 37.3 Å². The number of benzene rings is 1. The number of carboxylic acid groups (broad SMARTS) is 1. The van der Waals surface area contributed by atoms with E-state index in [1.54, 1.807) is 9.80 Å². The number of rotatable bonds is 7. The van der Waals surface area contributed by atoms with Gasteiger partial charge in [0, 0.05) is 33.0 Å². The van der Waals surface area contributed by atoms with Crippen molar-refractivity contribution in [2.45, 2.75) is 64.1 Å². The zero-order valence-electron chi connectivity index (χ0n) is 19.2. The Labute approximate surface area is 193 Å². The molecular weight excluding hydrogens is 426 g/mol. The van der Waals surface area contributed by atoms with Crippen molar-refractivity contribution in [3.8, 4) is 0 Å². The van der Waals surface area contributed by atoms with E-state index < -0.39 is 35.5 Å². The molecule has 33 heavy (non-hydrogen) atoms. The summed E-state index contributed by atoms with van der Waals surface area (Å²) in [7, 11) is 0. The van der Waals surface area contributed by atoms with Gasteiger partial charge in [0.1, 0.15) is 6.04 Å². The fraction of sp³-hybridized carbons (Fsp3) is 0.583. The van der Waals surface area contributed by atoms with Crippen molar-refractivity contribution in [2.24, 2.45) is 5.41 Å². The molecule has 3 N–H and O–H groups in total. The minimum atomic E-state index is -1.05. The molecule has 9 nitrogen and oxygen atoms in total. The Morgan fingerprint density at radius 3 is 2.55 bits per heavy atom. The number of carboxylic acids is 1. The lowest BCUT2D eigenvalue weighted by Gasteiger charge is -2.52. The number of nitrogens with one attached hydrogen (secondary N) is 1. The second kappa shape index (κ2) is 10.3. The van der Waals surface area contributed by atoms with E-state index in [0.29, 0.717) is 25.9 Å². The Morgan fingerprint density at radius 1 is 1.24 bits per heavy atom. The van der Waals surface area contributed by atoms with Crippen molar-refractivity contribution in [3.05, 3.63) is 35.9 Å². The van der Waals surface area contributed by atoms with Crippen LogP contribution in [0.25, 0.3) is 0 Å². The number of aliphatic hydroxyl groups excluding tert-OH is 1. The van der Waals surface area contributed by atoms with Crippen LogP contribution in [0, 0.1) is 5.41 Å². The number of amides is 3. The van der Waals surface area contributed by atoms with Crippen molar-refractivity contribution in [1.29, 1.82) is 0 Å². The molecule has 0 bridgehead atoms. The molecule has 0 radical (unpaired) electrons. The molecule has 180 valence electrons. The van der Waals surface area contributed by atoms with Gasteiger partial charge in [-0.15, -0.1) is 0 Å². The number of likely N-dealkylation sites (N-methyl/N-ethyl adjacent to an activating group) is 1. The van der Waals surface area contributed by atoms with Gasteiger partial charge in [0.15, 0.2) is 0 Å². The van der Waals surface area contributed by atoms with Gasteiger partial charge < -0.3 is 25.3 Å². The second-order valence-electron chi connectivity index (χ2n) is 9.05. The fourth-order valence-corrected chi connectivity index (χ4v) is 5.28. The van der Waals surface area contributed by atoms with Crippen LogP contribution in [0.1, 0.15) is 57.6 Å². The molecule has 3 amide bonds. The summed E-state index contributed by atoms with van der Waals surface area (Å²) in [6.07, 6.45) is 0.332. The number of nitrogens with zero attached hydrogens (tertiary/aromatic N) is 2. The molecule has 2 fully saturated rings. The highest BCUT2D eigenvalue weighted by Crippen LogP contribution is 2.45. The largest absolute Gasteiger partial charge is 0.481 e. The van der Waals surface area contributed by atoms with Gasteiger partial charge in [-0.05, 0) is 38.2 Å². The normalized spacial score (nSPS) is 26.2. The number of piperidine rings is 2. The first kappa shape index (κ1) is 24.7. The maximum atomic E-state index is 13.7. The number of aliphatic carboxylic acids is 1. The average Bonchev–Trinajstić information content (AvgIpc) is 2.78. The first-order valence-corrected chi connectivity index (χ1v) is 11.5. The molecule has 1 spiro atoms.